The lowest BCUT2D eigenvalue weighted by molar-refractivity contribution is -0.139. The van der Waals surface area contributed by atoms with Crippen molar-refractivity contribution in [2.45, 2.75) is 44.6 Å². The van der Waals surface area contributed by atoms with Gasteiger partial charge >= 0.3 is 5.97 Å². The van der Waals surface area contributed by atoms with Crippen LogP contribution in [0, 0.1) is 5.92 Å². The summed E-state index contributed by atoms with van der Waals surface area (Å²) in [6, 6.07) is -1.03. The molecule has 7 heteroatoms. The molecule has 100 valence electrons. The Morgan fingerprint density at radius 2 is 1.94 bits per heavy atom. The predicted octanol–water partition coefficient (Wildman–Crippen LogP) is 0.464. The first kappa shape index (κ1) is 14.4. The van der Waals surface area contributed by atoms with E-state index in [0.29, 0.717) is 12.3 Å². The van der Waals surface area contributed by atoms with E-state index in [-0.39, 0.29) is 0 Å². The Labute approximate surface area is 102 Å². The van der Waals surface area contributed by atoms with Crippen LogP contribution < -0.4 is 9.44 Å². The lowest BCUT2D eigenvalue weighted by Crippen LogP contribution is -2.46. The van der Waals surface area contributed by atoms with Crippen LogP contribution in [0.2, 0.25) is 0 Å². The topological polar surface area (TPSA) is 95.5 Å². The van der Waals surface area contributed by atoms with Crippen molar-refractivity contribution in [3.05, 3.63) is 0 Å². The molecule has 1 aliphatic rings. The van der Waals surface area contributed by atoms with Crippen molar-refractivity contribution in [1.82, 2.24) is 9.44 Å². The van der Waals surface area contributed by atoms with E-state index < -0.39 is 22.2 Å². The van der Waals surface area contributed by atoms with Gasteiger partial charge in [-0.05, 0) is 12.3 Å². The Morgan fingerprint density at radius 3 is 2.41 bits per heavy atom. The fraction of sp³-hybridized carbons (Fsp3) is 0.900. The number of rotatable bonds is 6. The average molecular weight is 264 g/mol. The van der Waals surface area contributed by atoms with E-state index in [2.05, 4.69) is 9.44 Å². The zero-order chi connectivity index (χ0) is 12.9. The maximum absolute atomic E-state index is 11.3. The minimum absolute atomic E-state index is 0.310. The zero-order valence-electron chi connectivity index (χ0n) is 9.98. The third-order valence-electron chi connectivity index (χ3n) is 3.16. The van der Waals surface area contributed by atoms with Gasteiger partial charge in [0.25, 0.3) is 10.2 Å². The third kappa shape index (κ3) is 5.01. The molecule has 1 aliphatic carbocycles. The van der Waals surface area contributed by atoms with Crippen LogP contribution >= 0.6 is 0 Å². The van der Waals surface area contributed by atoms with Crippen molar-refractivity contribution in [2.75, 3.05) is 7.05 Å². The molecule has 0 spiro atoms. The van der Waals surface area contributed by atoms with Gasteiger partial charge < -0.3 is 5.11 Å². The molecule has 0 heterocycles. The largest absolute Gasteiger partial charge is 0.480 e. The summed E-state index contributed by atoms with van der Waals surface area (Å²) < 4.78 is 26.8. The Hall–Kier alpha value is -0.660. The van der Waals surface area contributed by atoms with Crippen LogP contribution in [0.3, 0.4) is 0 Å². The summed E-state index contributed by atoms with van der Waals surface area (Å²) in [7, 11) is -2.44. The Balaban J connectivity index is 2.57. The summed E-state index contributed by atoms with van der Waals surface area (Å²) in [5, 5.41) is 9.01. The second kappa shape index (κ2) is 6.32. The molecule has 1 saturated carbocycles. The van der Waals surface area contributed by atoms with Crippen LogP contribution in [-0.2, 0) is 15.0 Å². The van der Waals surface area contributed by atoms with Gasteiger partial charge in [-0.25, -0.2) is 4.72 Å². The van der Waals surface area contributed by atoms with Crippen LogP contribution in [0.5, 0.6) is 0 Å². The standard InChI is InChI=1S/C10H20N2O4S/c1-11-17(15,16)12-9(10(13)14)7-8-5-3-2-4-6-8/h8-9,11-12H,2-7H2,1H3,(H,13,14). The van der Waals surface area contributed by atoms with E-state index in [1.54, 1.807) is 0 Å². The summed E-state index contributed by atoms with van der Waals surface area (Å²) in [5.41, 5.74) is 0. The number of nitrogens with one attached hydrogen (secondary N) is 2. The molecule has 0 aromatic heterocycles. The van der Waals surface area contributed by atoms with E-state index in [9.17, 15) is 13.2 Å². The third-order valence-corrected chi connectivity index (χ3v) is 4.29. The molecule has 1 rings (SSSR count). The van der Waals surface area contributed by atoms with E-state index in [4.69, 9.17) is 5.11 Å². The van der Waals surface area contributed by atoms with Gasteiger partial charge in [0.15, 0.2) is 0 Å². The fourth-order valence-electron chi connectivity index (χ4n) is 2.20. The highest BCUT2D eigenvalue weighted by Crippen LogP contribution is 2.27. The first-order valence-corrected chi connectivity index (χ1v) is 7.36. The summed E-state index contributed by atoms with van der Waals surface area (Å²) in [5.74, 6) is -0.807. The lowest BCUT2D eigenvalue weighted by atomic mass is 9.85. The molecule has 6 nitrogen and oxygen atoms in total. The summed E-state index contributed by atoms with van der Waals surface area (Å²) in [6.07, 6.45) is 5.76. The molecular formula is C10H20N2O4S. The minimum atomic E-state index is -3.70. The van der Waals surface area contributed by atoms with Gasteiger partial charge in [-0.3, -0.25) is 4.79 Å². The zero-order valence-corrected chi connectivity index (χ0v) is 10.8. The smallest absolute Gasteiger partial charge is 0.321 e. The molecule has 1 atom stereocenters. The summed E-state index contributed by atoms with van der Waals surface area (Å²) in [6.45, 7) is 0. The second-order valence-corrected chi connectivity index (χ2v) is 6.11. The molecular weight excluding hydrogens is 244 g/mol. The number of carboxylic acid groups (broad SMARTS) is 1. The molecule has 0 bridgehead atoms. The highest BCUT2D eigenvalue weighted by Gasteiger charge is 2.27. The predicted molar refractivity (Wildman–Crippen MR) is 63.7 cm³/mol. The molecule has 0 aromatic rings. The van der Waals surface area contributed by atoms with E-state index in [1.807, 2.05) is 0 Å². The van der Waals surface area contributed by atoms with Gasteiger partial charge in [-0.15, -0.1) is 0 Å². The molecule has 1 fully saturated rings. The van der Waals surface area contributed by atoms with Gasteiger partial charge in [0.05, 0.1) is 0 Å². The molecule has 3 N–H and O–H groups in total. The van der Waals surface area contributed by atoms with Gasteiger partial charge in [-0.2, -0.15) is 13.1 Å². The minimum Gasteiger partial charge on any atom is -0.480 e. The highest BCUT2D eigenvalue weighted by molar-refractivity contribution is 7.87. The average Bonchev–Trinajstić information content (AvgIpc) is 2.29. The van der Waals surface area contributed by atoms with Crippen molar-refractivity contribution >= 4 is 16.2 Å². The summed E-state index contributed by atoms with van der Waals surface area (Å²) in [4.78, 5) is 11.0. The second-order valence-electron chi connectivity index (χ2n) is 4.46. The number of hydrogen-bond donors (Lipinski definition) is 3. The highest BCUT2D eigenvalue weighted by atomic mass is 32.2. The van der Waals surface area contributed by atoms with Crippen LogP contribution in [0.15, 0.2) is 0 Å². The van der Waals surface area contributed by atoms with Crippen molar-refractivity contribution in [2.24, 2.45) is 5.92 Å². The van der Waals surface area contributed by atoms with Crippen LogP contribution in [0.25, 0.3) is 0 Å². The lowest BCUT2D eigenvalue weighted by Gasteiger charge is -2.24. The van der Waals surface area contributed by atoms with Crippen molar-refractivity contribution in [3.63, 3.8) is 0 Å². The van der Waals surface area contributed by atoms with Gasteiger partial charge in [0.2, 0.25) is 0 Å². The Morgan fingerprint density at radius 1 is 1.35 bits per heavy atom. The van der Waals surface area contributed by atoms with Gasteiger partial charge in [0.1, 0.15) is 6.04 Å². The van der Waals surface area contributed by atoms with Crippen molar-refractivity contribution in [3.8, 4) is 0 Å². The molecule has 0 saturated heterocycles. The van der Waals surface area contributed by atoms with Crippen LogP contribution in [0.1, 0.15) is 38.5 Å². The number of carbonyl (C=O) groups is 1. The number of aliphatic carboxylic acids is 1. The Kier molecular flexibility index (Phi) is 5.35. The fourth-order valence-corrected chi connectivity index (χ4v) is 2.89. The first-order chi connectivity index (χ1) is 7.94. The summed E-state index contributed by atoms with van der Waals surface area (Å²) >= 11 is 0. The first-order valence-electron chi connectivity index (χ1n) is 5.88. The molecule has 1 unspecified atom stereocenters. The van der Waals surface area contributed by atoms with Crippen LogP contribution in [0.4, 0.5) is 0 Å². The van der Waals surface area contributed by atoms with Crippen molar-refractivity contribution in [1.29, 1.82) is 0 Å². The van der Waals surface area contributed by atoms with Gasteiger partial charge in [-0.1, -0.05) is 32.1 Å². The monoisotopic (exact) mass is 264 g/mol. The molecule has 17 heavy (non-hydrogen) atoms. The molecule has 0 aliphatic heterocycles. The van der Waals surface area contributed by atoms with E-state index in [0.717, 1.165) is 25.7 Å². The SMILES string of the molecule is CNS(=O)(=O)NC(CC1CCCCC1)C(=O)O. The maximum Gasteiger partial charge on any atom is 0.321 e. The van der Waals surface area contributed by atoms with Crippen LogP contribution in [-0.4, -0.2) is 32.6 Å². The Bertz CT molecular complexity index is 349. The normalized spacial score (nSPS) is 20.1. The number of carboxylic acids is 1. The maximum atomic E-state index is 11.3. The molecule has 0 aromatic carbocycles. The molecule has 0 amide bonds. The van der Waals surface area contributed by atoms with E-state index in [1.165, 1.54) is 13.5 Å². The quantitative estimate of drug-likeness (QED) is 0.649. The van der Waals surface area contributed by atoms with Gasteiger partial charge in [0, 0.05) is 7.05 Å². The van der Waals surface area contributed by atoms with E-state index >= 15 is 0 Å². The van der Waals surface area contributed by atoms with Crippen molar-refractivity contribution < 1.29 is 18.3 Å². The molecule has 0 radical (unpaired) electrons. The number of hydrogen-bond acceptors (Lipinski definition) is 3.